The van der Waals surface area contributed by atoms with Crippen molar-refractivity contribution in [3.8, 4) is 0 Å². The molecule has 2 heterocycles. The van der Waals surface area contributed by atoms with Crippen LogP contribution in [-0.4, -0.2) is 26.7 Å². The Balaban J connectivity index is 2.00. The highest BCUT2D eigenvalue weighted by molar-refractivity contribution is 14.1. The summed E-state index contributed by atoms with van der Waals surface area (Å²) in [6, 6.07) is 8.12. The van der Waals surface area contributed by atoms with Crippen LogP contribution < -0.4 is 10.6 Å². The first-order valence-electron chi connectivity index (χ1n) is 6.24. The molecule has 0 aliphatic rings. The maximum Gasteiger partial charge on any atom is 0.226 e. The minimum atomic E-state index is 0.581. The van der Waals surface area contributed by atoms with Crippen LogP contribution in [0.2, 0.25) is 0 Å². The number of H-pyrrole nitrogens is 1. The molecule has 0 unspecified atom stereocenters. The molecule has 6 nitrogen and oxygen atoms in total. The Morgan fingerprint density at radius 2 is 2.00 bits per heavy atom. The van der Waals surface area contributed by atoms with Crippen LogP contribution in [-0.2, 0) is 0 Å². The number of fused-ring (bicyclic) bond motifs is 1. The predicted molar refractivity (Wildman–Crippen MR) is 88.3 cm³/mol. The first kappa shape index (κ1) is 13.1. The number of hydrogen-bond donors (Lipinski definition) is 3. The molecular weight excluding hydrogens is 367 g/mol. The van der Waals surface area contributed by atoms with Gasteiger partial charge in [0.1, 0.15) is 5.82 Å². The van der Waals surface area contributed by atoms with Crippen molar-refractivity contribution in [2.75, 3.05) is 17.2 Å². The molecule has 0 fully saturated rings. The summed E-state index contributed by atoms with van der Waals surface area (Å²) in [7, 11) is 0. The second-order valence-corrected chi connectivity index (χ2v) is 5.44. The van der Waals surface area contributed by atoms with E-state index in [0.29, 0.717) is 11.6 Å². The summed E-state index contributed by atoms with van der Waals surface area (Å²) in [4.78, 5) is 8.85. The van der Waals surface area contributed by atoms with Gasteiger partial charge >= 0.3 is 0 Å². The molecule has 0 aliphatic heterocycles. The molecule has 3 N–H and O–H groups in total. The minimum Gasteiger partial charge on any atom is -0.354 e. The molecule has 7 heteroatoms. The molecule has 3 rings (SSSR count). The van der Waals surface area contributed by atoms with Gasteiger partial charge in [0, 0.05) is 15.8 Å². The Bertz CT molecular complexity index is 721. The quantitative estimate of drug-likeness (QED) is 0.607. The smallest absolute Gasteiger partial charge is 0.226 e. The number of aromatic amines is 1. The van der Waals surface area contributed by atoms with Gasteiger partial charge in [-0.1, -0.05) is 0 Å². The molecule has 102 valence electrons. The van der Waals surface area contributed by atoms with Crippen LogP contribution >= 0.6 is 22.6 Å². The summed E-state index contributed by atoms with van der Waals surface area (Å²) in [5.74, 6) is 1.32. The first-order valence-corrected chi connectivity index (χ1v) is 7.31. The highest BCUT2D eigenvalue weighted by Crippen LogP contribution is 2.24. The summed E-state index contributed by atoms with van der Waals surface area (Å²) in [6.45, 7) is 2.77. The highest BCUT2D eigenvalue weighted by Gasteiger charge is 2.09. The normalized spacial score (nSPS) is 10.7. The van der Waals surface area contributed by atoms with E-state index in [1.165, 1.54) is 3.57 Å². The van der Waals surface area contributed by atoms with Crippen LogP contribution in [0.1, 0.15) is 6.92 Å². The molecule has 3 aromatic rings. The summed E-state index contributed by atoms with van der Waals surface area (Å²) in [5.41, 5.74) is 1.69. The monoisotopic (exact) mass is 380 g/mol. The van der Waals surface area contributed by atoms with E-state index in [9.17, 15) is 0 Å². The van der Waals surface area contributed by atoms with E-state index in [-0.39, 0.29) is 0 Å². The molecule has 0 saturated carbocycles. The lowest BCUT2D eigenvalue weighted by Gasteiger charge is -2.09. The van der Waals surface area contributed by atoms with Crippen molar-refractivity contribution < 1.29 is 0 Å². The van der Waals surface area contributed by atoms with Crippen molar-refractivity contribution in [1.82, 2.24) is 20.2 Å². The molecule has 0 radical (unpaired) electrons. The van der Waals surface area contributed by atoms with Crippen molar-refractivity contribution in [3.05, 3.63) is 34.0 Å². The van der Waals surface area contributed by atoms with E-state index < -0.39 is 0 Å². The van der Waals surface area contributed by atoms with Crippen LogP contribution in [0.15, 0.2) is 30.5 Å². The van der Waals surface area contributed by atoms with E-state index in [1.54, 1.807) is 6.20 Å². The number of aromatic nitrogens is 4. The van der Waals surface area contributed by atoms with Crippen LogP contribution in [0.25, 0.3) is 11.0 Å². The molecule has 0 saturated heterocycles. The molecule has 0 aliphatic carbocycles. The van der Waals surface area contributed by atoms with Crippen LogP contribution in [0.5, 0.6) is 0 Å². The molecule has 0 bridgehead atoms. The zero-order valence-corrected chi connectivity index (χ0v) is 13.0. The molecule has 0 amide bonds. The molecular formula is C13H13IN6. The topological polar surface area (TPSA) is 78.5 Å². The van der Waals surface area contributed by atoms with Crippen molar-refractivity contribution in [1.29, 1.82) is 0 Å². The SMILES string of the molecule is CCNc1nc(Nc2ccc(I)cc2)c2cn[nH]c2n1. The number of halogens is 1. The number of rotatable bonds is 4. The van der Waals surface area contributed by atoms with E-state index in [2.05, 4.69) is 53.4 Å². The number of nitrogens with zero attached hydrogens (tertiary/aromatic N) is 3. The summed E-state index contributed by atoms with van der Waals surface area (Å²) >= 11 is 2.28. The first-order chi connectivity index (χ1) is 9.76. The van der Waals surface area contributed by atoms with E-state index >= 15 is 0 Å². The Hall–Kier alpha value is -1.90. The van der Waals surface area contributed by atoms with Crippen molar-refractivity contribution >= 4 is 51.1 Å². The summed E-state index contributed by atoms with van der Waals surface area (Å²) < 4.78 is 1.19. The fraction of sp³-hybridized carbons (Fsp3) is 0.154. The third-order valence-electron chi connectivity index (χ3n) is 2.75. The van der Waals surface area contributed by atoms with Crippen LogP contribution in [0.4, 0.5) is 17.5 Å². The minimum absolute atomic E-state index is 0.581. The molecule has 1 aromatic carbocycles. The van der Waals surface area contributed by atoms with Gasteiger partial charge in [-0.05, 0) is 53.8 Å². The maximum absolute atomic E-state index is 4.49. The van der Waals surface area contributed by atoms with E-state index in [1.807, 2.05) is 31.2 Å². The average Bonchev–Trinajstić information content (AvgIpc) is 2.90. The zero-order chi connectivity index (χ0) is 13.9. The van der Waals surface area contributed by atoms with Gasteiger partial charge in [0.2, 0.25) is 5.95 Å². The number of hydrogen-bond acceptors (Lipinski definition) is 5. The Morgan fingerprint density at radius 1 is 1.20 bits per heavy atom. The lowest BCUT2D eigenvalue weighted by Crippen LogP contribution is -2.04. The van der Waals surface area contributed by atoms with Gasteiger partial charge in [-0.3, -0.25) is 5.10 Å². The van der Waals surface area contributed by atoms with E-state index in [0.717, 1.165) is 23.4 Å². The Labute approximate surface area is 129 Å². The lowest BCUT2D eigenvalue weighted by atomic mass is 10.3. The van der Waals surface area contributed by atoms with Gasteiger partial charge in [-0.2, -0.15) is 15.1 Å². The van der Waals surface area contributed by atoms with Crippen LogP contribution in [0.3, 0.4) is 0 Å². The fourth-order valence-corrected chi connectivity index (χ4v) is 2.20. The maximum atomic E-state index is 4.49. The summed E-state index contributed by atoms with van der Waals surface area (Å²) in [5, 5.41) is 14.2. The summed E-state index contributed by atoms with van der Waals surface area (Å²) in [6.07, 6.45) is 1.72. The lowest BCUT2D eigenvalue weighted by molar-refractivity contribution is 1.07. The Morgan fingerprint density at radius 3 is 2.75 bits per heavy atom. The van der Waals surface area contributed by atoms with Gasteiger partial charge in [-0.25, -0.2) is 0 Å². The molecule has 20 heavy (non-hydrogen) atoms. The predicted octanol–water partition coefficient (Wildman–Crippen LogP) is 3.13. The van der Waals surface area contributed by atoms with Crippen molar-refractivity contribution in [2.45, 2.75) is 6.92 Å². The molecule has 2 aromatic heterocycles. The molecule has 0 atom stereocenters. The fourth-order valence-electron chi connectivity index (χ4n) is 1.84. The number of anilines is 3. The Kier molecular flexibility index (Phi) is 3.68. The second-order valence-electron chi connectivity index (χ2n) is 4.19. The largest absolute Gasteiger partial charge is 0.354 e. The van der Waals surface area contributed by atoms with Gasteiger partial charge in [0.15, 0.2) is 5.65 Å². The number of benzene rings is 1. The third-order valence-corrected chi connectivity index (χ3v) is 3.47. The van der Waals surface area contributed by atoms with Crippen LogP contribution in [0, 0.1) is 3.57 Å². The average molecular weight is 380 g/mol. The molecule has 0 spiro atoms. The highest BCUT2D eigenvalue weighted by atomic mass is 127. The van der Waals surface area contributed by atoms with Gasteiger partial charge in [0.05, 0.1) is 11.6 Å². The van der Waals surface area contributed by atoms with Crippen molar-refractivity contribution in [2.24, 2.45) is 0 Å². The van der Waals surface area contributed by atoms with Crippen molar-refractivity contribution in [3.63, 3.8) is 0 Å². The second kappa shape index (κ2) is 5.61. The third kappa shape index (κ3) is 2.67. The van der Waals surface area contributed by atoms with Gasteiger partial charge in [0.25, 0.3) is 0 Å². The van der Waals surface area contributed by atoms with Gasteiger partial charge in [-0.15, -0.1) is 0 Å². The van der Waals surface area contributed by atoms with Gasteiger partial charge < -0.3 is 10.6 Å². The van der Waals surface area contributed by atoms with E-state index in [4.69, 9.17) is 0 Å². The zero-order valence-electron chi connectivity index (χ0n) is 10.8. The number of nitrogens with one attached hydrogen (secondary N) is 3. The standard InChI is InChI=1S/C13H13IN6/c1-2-15-13-18-11(10-7-16-20-12(10)19-13)17-9-5-3-8(14)4-6-9/h3-7H,2H2,1H3,(H3,15,16,17,18,19,20).